The van der Waals surface area contributed by atoms with E-state index in [4.69, 9.17) is 5.73 Å². The molecule has 3 aromatic rings. The van der Waals surface area contributed by atoms with E-state index >= 15 is 0 Å². The Morgan fingerprint density at radius 2 is 1.79 bits per heavy atom. The van der Waals surface area contributed by atoms with Gasteiger partial charge in [0.1, 0.15) is 6.04 Å². The van der Waals surface area contributed by atoms with Crippen LogP contribution in [0, 0.1) is 0 Å². The van der Waals surface area contributed by atoms with Gasteiger partial charge >= 0.3 is 0 Å². The van der Waals surface area contributed by atoms with Gasteiger partial charge in [-0.15, -0.1) is 0 Å². The van der Waals surface area contributed by atoms with Crippen LogP contribution in [0.5, 0.6) is 0 Å². The highest BCUT2D eigenvalue weighted by Gasteiger charge is 2.32. The third kappa shape index (κ3) is 4.30. The van der Waals surface area contributed by atoms with Gasteiger partial charge in [-0.3, -0.25) is 19.2 Å². The first-order valence-corrected chi connectivity index (χ1v) is 9.87. The van der Waals surface area contributed by atoms with Crippen molar-refractivity contribution in [1.29, 1.82) is 0 Å². The molecule has 4 rings (SSSR count). The first-order chi connectivity index (χ1) is 14.1. The third-order valence-corrected chi connectivity index (χ3v) is 5.49. The predicted molar refractivity (Wildman–Crippen MR) is 111 cm³/mol. The summed E-state index contributed by atoms with van der Waals surface area (Å²) in [5.74, 6) is -0.369. The number of carbonyl (C=O) groups is 2. The van der Waals surface area contributed by atoms with E-state index in [9.17, 15) is 9.59 Å². The molecule has 0 bridgehead atoms. The summed E-state index contributed by atoms with van der Waals surface area (Å²) in [5, 5.41) is 5.44. The van der Waals surface area contributed by atoms with E-state index < -0.39 is 11.9 Å². The highest BCUT2D eigenvalue weighted by molar-refractivity contribution is 5.83. The second kappa shape index (κ2) is 8.45. The van der Waals surface area contributed by atoms with E-state index in [1.165, 1.54) is 0 Å². The number of hydrogen-bond donors (Lipinski definition) is 1. The van der Waals surface area contributed by atoms with Crippen LogP contribution in [0.3, 0.4) is 0 Å². The maximum atomic E-state index is 12.8. The van der Waals surface area contributed by atoms with Crippen LogP contribution < -0.4 is 5.73 Å². The highest BCUT2D eigenvalue weighted by Crippen LogP contribution is 2.16. The van der Waals surface area contributed by atoms with E-state index in [1.54, 1.807) is 4.90 Å². The molecule has 0 spiro atoms. The zero-order chi connectivity index (χ0) is 20.2. The third-order valence-electron chi connectivity index (χ3n) is 5.49. The Morgan fingerprint density at radius 1 is 1.03 bits per heavy atom. The number of amides is 2. The normalized spacial score (nSPS) is 17.5. The van der Waals surface area contributed by atoms with E-state index in [-0.39, 0.29) is 5.91 Å². The Morgan fingerprint density at radius 3 is 2.59 bits per heavy atom. The van der Waals surface area contributed by atoms with Crippen LogP contribution in [-0.2, 0) is 22.7 Å². The minimum absolute atomic E-state index is 0.0233. The average Bonchev–Trinajstić information content (AvgIpc) is 3.16. The lowest BCUT2D eigenvalue weighted by Crippen LogP contribution is -2.58. The molecule has 0 aliphatic carbocycles. The molecule has 7 nitrogen and oxygen atoms in total. The Kier molecular flexibility index (Phi) is 5.57. The van der Waals surface area contributed by atoms with Crippen molar-refractivity contribution in [3.8, 4) is 0 Å². The Balaban J connectivity index is 1.38. The summed E-state index contributed by atoms with van der Waals surface area (Å²) < 4.78 is 1.85. The number of aromatic nitrogens is 2. The Bertz CT molecular complexity index is 1000. The first kappa shape index (κ1) is 19.1. The lowest BCUT2D eigenvalue weighted by molar-refractivity contribution is -0.137. The number of hydrogen-bond acceptors (Lipinski definition) is 4. The molecule has 0 unspecified atom stereocenters. The number of fused-ring (bicyclic) bond motifs is 1. The van der Waals surface area contributed by atoms with Crippen molar-refractivity contribution in [1.82, 2.24) is 19.6 Å². The number of benzene rings is 2. The number of carbonyl (C=O) groups excluding carboxylic acids is 2. The molecule has 1 aliphatic rings. The molecule has 29 heavy (non-hydrogen) atoms. The fraction of sp³-hybridized carbons (Fsp3) is 0.318. The lowest BCUT2D eigenvalue weighted by atomic mass is 10.1. The van der Waals surface area contributed by atoms with Crippen molar-refractivity contribution in [3.05, 3.63) is 66.4 Å². The second-order valence-electron chi connectivity index (χ2n) is 7.39. The smallest absolute Gasteiger partial charge is 0.236 e. The van der Waals surface area contributed by atoms with Gasteiger partial charge in [0, 0.05) is 38.0 Å². The number of nitrogens with zero attached hydrogens (tertiary/aromatic N) is 4. The van der Waals surface area contributed by atoms with Crippen LogP contribution in [0.4, 0.5) is 0 Å². The highest BCUT2D eigenvalue weighted by atomic mass is 16.2. The quantitative estimate of drug-likeness (QED) is 0.692. The summed E-state index contributed by atoms with van der Waals surface area (Å²) in [4.78, 5) is 28.6. The minimum Gasteiger partial charge on any atom is -0.368 e. The van der Waals surface area contributed by atoms with Crippen LogP contribution in [0.2, 0.25) is 0 Å². The van der Waals surface area contributed by atoms with Crippen molar-refractivity contribution >= 4 is 22.7 Å². The number of piperazine rings is 1. The number of rotatable bonds is 6. The summed E-state index contributed by atoms with van der Waals surface area (Å²) in [6, 6.07) is 17.5. The van der Waals surface area contributed by atoms with E-state index in [2.05, 4.69) is 10.00 Å². The van der Waals surface area contributed by atoms with Crippen LogP contribution in [-0.4, -0.2) is 57.1 Å². The monoisotopic (exact) mass is 391 g/mol. The van der Waals surface area contributed by atoms with Gasteiger partial charge in [-0.2, -0.15) is 5.10 Å². The maximum Gasteiger partial charge on any atom is 0.236 e. The zero-order valence-electron chi connectivity index (χ0n) is 16.3. The fourth-order valence-corrected chi connectivity index (χ4v) is 3.89. The molecule has 7 heteroatoms. The molecule has 1 atom stereocenters. The maximum absolute atomic E-state index is 12.8. The number of nitrogens with two attached hydrogens (primary N) is 1. The molecule has 0 saturated carbocycles. The van der Waals surface area contributed by atoms with Gasteiger partial charge < -0.3 is 10.6 Å². The molecule has 1 aliphatic heterocycles. The van der Waals surface area contributed by atoms with Gasteiger partial charge in [0.2, 0.25) is 11.8 Å². The topological polar surface area (TPSA) is 84.5 Å². The summed E-state index contributed by atoms with van der Waals surface area (Å²) in [6.45, 7) is 2.71. The molecule has 150 valence electrons. The summed E-state index contributed by atoms with van der Waals surface area (Å²) in [5.41, 5.74) is 7.80. The summed E-state index contributed by atoms with van der Waals surface area (Å²) in [7, 11) is 0. The van der Waals surface area contributed by atoms with E-state index in [0.717, 1.165) is 16.5 Å². The molecule has 1 aromatic heterocycles. The summed E-state index contributed by atoms with van der Waals surface area (Å²) in [6.07, 6.45) is 2.15. The lowest BCUT2D eigenvalue weighted by Gasteiger charge is -2.40. The van der Waals surface area contributed by atoms with Crippen LogP contribution in [0.25, 0.3) is 10.9 Å². The predicted octanol–water partition coefficient (Wildman–Crippen LogP) is 1.62. The second-order valence-corrected chi connectivity index (χ2v) is 7.39. The SMILES string of the molecule is NC(=O)[C@@H]1CN(C(=O)CCn2ncc3ccccc32)CCN1Cc1ccccc1. The van der Waals surface area contributed by atoms with Crippen LogP contribution in [0.1, 0.15) is 12.0 Å². The Labute approximate surface area is 169 Å². The van der Waals surface area contributed by atoms with Crippen molar-refractivity contribution < 1.29 is 9.59 Å². The van der Waals surface area contributed by atoms with Gasteiger partial charge in [-0.05, 0) is 11.6 Å². The van der Waals surface area contributed by atoms with Crippen LogP contribution in [0.15, 0.2) is 60.8 Å². The van der Waals surface area contributed by atoms with Crippen LogP contribution >= 0.6 is 0 Å². The molecule has 2 amide bonds. The number of aryl methyl sites for hydroxylation is 1. The molecular formula is C22H25N5O2. The van der Waals surface area contributed by atoms with Gasteiger partial charge in [-0.1, -0.05) is 48.5 Å². The van der Waals surface area contributed by atoms with Crippen molar-refractivity contribution in [2.45, 2.75) is 25.6 Å². The van der Waals surface area contributed by atoms with E-state index in [1.807, 2.05) is 65.5 Å². The largest absolute Gasteiger partial charge is 0.368 e. The zero-order valence-corrected chi connectivity index (χ0v) is 16.3. The number of primary amides is 1. The average molecular weight is 391 g/mol. The molecule has 2 aromatic carbocycles. The van der Waals surface area contributed by atoms with E-state index in [0.29, 0.717) is 39.1 Å². The molecular weight excluding hydrogens is 366 g/mol. The van der Waals surface area contributed by atoms with Crippen molar-refractivity contribution in [3.63, 3.8) is 0 Å². The number of para-hydroxylation sites is 1. The molecule has 1 fully saturated rings. The Hall–Kier alpha value is -3.19. The van der Waals surface area contributed by atoms with Crippen molar-refractivity contribution in [2.24, 2.45) is 5.73 Å². The van der Waals surface area contributed by atoms with Gasteiger partial charge in [0.25, 0.3) is 0 Å². The fourth-order valence-electron chi connectivity index (χ4n) is 3.89. The van der Waals surface area contributed by atoms with Crippen molar-refractivity contribution in [2.75, 3.05) is 19.6 Å². The summed E-state index contributed by atoms with van der Waals surface area (Å²) >= 11 is 0. The molecule has 1 saturated heterocycles. The van der Waals surface area contributed by atoms with Gasteiger partial charge in [0.15, 0.2) is 0 Å². The van der Waals surface area contributed by atoms with Gasteiger partial charge in [-0.25, -0.2) is 0 Å². The minimum atomic E-state index is -0.474. The molecule has 2 N–H and O–H groups in total. The first-order valence-electron chi connectivity index (χ1n) is 9.87. The molecule has 2 heterocycles. The van der Waals surface area contributed by atoms with Gasteiger partial charge in [0.05, 0.1) is 18.3 Å². The standard InChI is InChI=1S/C22H25N5O2/c23-22(29)20-16-26(13-12-25(20)15-17-6-2-1-3-7-17)21(28)10-11-27-19-9-5-4-8-18(19)14-24-27/h1-9,14,20H,10-13,15-16H2,(H2,23,29)/t20-/m0/s1. The molecule has 0 radical (unpaired) electrons.